The standard InChI is InChI=1S/C15H15ClN2O2/c1-2-20-14-7-6-12(9-11(14)10-16)18-15(19)13-5-3-4-8-17-13/h3-9H,2,10H2,1H3,(H,18,19). The van der Waals surface area contributed by atoms with Gasteiger partial charge in [-0.1, -0.05) is 6.07 Å². The van der Waals surface area contributed by atoms with E-state index in [0.717, 1.165) is 11.3 Å². The van der Waals surface area contributed by atoms with E-state index in [4.69, 9.17) is 16.3 Å². The molecule has 104 valence electrons. The molecule has 1 N–H and O–H groups in total. The molecule has 0 saturated carbocycles. The number of pyridine rings is 1. The van der Waals surface area contributed by atoms with Crippen LogP contribution in [0.25, 0.3) is 0 Å². The molecular formula is C15H15ClN2O2. The topological polar surface area (TPSA) is 51.2 Å². The lowest BCUT2D eigenvalue weighted by molar-refractivity contribution is 0.102. The predicted molar refractivity (Wildman–Crippen MR) is 79.4 cm³/mol. The van der Waals surface area contributed by atoms with Crippen molar-refractivity contribution in [2.24, 2.45) is 0 Å². The molecule has 0 saturated heterocycles. The first-order chi connectivity index (χ1) is 9.74. The number of nitrogens with one attached hydrogen (secondary N) is 1. The van der Waals surface area contributed by atoms with Crippen LogP contribution in [0.2, 0.25) is 0 Å². The van der Waals surface area contributed by atoms with Crippen molar-refractivity contribution < 1.29 is 9.53 Å². The fraction of sp³-hybridized carbons (Fsp3) is 0.200. The summed E-state index contributed by atoms with van der Waals surface area (Å²) in [6.45, 7) is 2.48. The van der Waals surface area contributed by atoms with Gasteiger partial charge in [0.15, 0.2) is 0 Å². The van der Waals surface area contributed by atoms with Gasteiger partial charge in [-0.3, -0.25) is 9.78 Å². The molecule has 0 aliphatic rings. The number of aromatic nitrogens is 1. The first-order valence-corrected chi connectivity index (χ1v) is 6.82. The van der Waals surface area contributed by atoms with Gasteiger partial charge in [0.2, 0.25) is 0 Å². The van der Waals surface area contributed by atoms with Gasteiger partial charge in [-0.2, -0.15) is 0 Å². The van der Waals surface area contributed by atoms with E-state index in [1.54, 1.807) is 42.6 Å². The highest BCUT2D eigenvalue weighted by atomic mass is 35.5. The number of benzene rings is 1. The van der Waals surface area contributed by atoms with Crippen molar-refractivity contribution in [2.75, 3.05) is 11.9 Å². The summed E-state index contributed by atoms with van der Waals surface area (Å²) >= 11 is 5.89. The molecule has 0 bridgehead atoms. The third-order valence-electron chi connectivity index (χ3n) is 2.66. The van der Waals surface area contributed by atoms with Crippen LogP contribution in [0, 0.1) is 0 Å². The Morgan fingerprint density at radius 1 is 1.35 bits per heavy atom. The molecule has 2 aromatic rings. The van der Waals surface area contributed by atoms with Crippen LogP contribution in [0.4, 0.5) is 5.69 Å². The third kappa shape index (κ3) is 3.48. The number of amides is 1. The quantitative estimate of drug-likeness (QED) is 0.858. The van der Waals surface area contributed by atoms with Gasteiger partial charge in [0, 0.05) is 17.4 Å². The Morgan fingerprint density at radius 3 is 2.85 bits per heavy atom. The Hall–Kier alpha value is -2.07. The smallest absolute Gasteiger partial charge is 0.274 e. The molecule has 1 amide bonds. The zero-order valence-electron chi connectivity index (χ0n) is 11.1. The number of rotatable bonds is 5. The summed E-state index contributed by atoms with van der Waals surface area (Å²) in [5.41, 5.74) is 1.88. The molecule has 0 atom stereocenters. The van der Waals surface area contributed by atoms with Crippen molar-refractivity contribution in [3.05, 3.63) is 53.9 Å². The van der Waals surface area contributed by atoms with Crippen molar-refractivity contribution in [1.29, 1.82) is 0 Å². The Balaban J connectivity index is 2.16. The molecule has 0 spiro atoms. The van der Waals surface area contributed by atoms with Crippen molar-refractivity contribution in [3.63, 3.8) is 0 Å². The maximum absolute atomic E-state index is 12.0. The highest BCUT2D eigenvalue weighted by Gasteiger charge is 2.09. The van der Waals surface area contributed by atoms with Crippen molar-refractivity contribution in [1.82, 2.24) is 4.98 Å². The fourth-order valence-electron chi connectivity index (χ4n) is 1.75. The minimum atomic E-state index is -0.254. The maximum Gasteiger partial charge on any atom is 0.274 e. The first-order valence-electron chi connectivity index (χ1n) is 6.28. The Kier molecular flexibility index (Phi) is 4.96. The maximum atomic E-state index is 12.0. The molecule has 1 aromatic heterocycles. The summed E-state index contributed by atoms with van der Waals surface area (Å²) in [5.74, 6) is 0.802. The van der Waals surface area contributed by atoms with Crippen LogP contribution in [-0.2, 0) is 5.88 Å². The van der Waals surface area contributed by atoms with E-state index in [0.29, 0.717) is 23.9 Å². The lowest BCUT2D eigenvalue weighted by atomic mass is 10.2. The number of carbonyl (C=O) groups is 1. The van der Waals surface area contributed by atoms with Crippen molar-refractivity contribution in [3.8, 4) is 5.75 Å². The summed E-state index contributed by atoms with van der Waals surface area (Å²) in [4.78, 5) is 16.0. The van der Waals surface area contributed by atoms with Gasteiger partial charge < -0.3 is 10.1 Å². The molecule has 20 heavy (non-hydrogen) atoms. The summed E-state index contributed by atoms with van der Waals surface area (Å²) in [5, 5.41) is 2.79. The zero-order valence-corrected chi connectivity index (χ0v) is 11.9. The summed E-state index contributed by atoms with van der Waals surface area (Å²) in [6.07, 6.45) is 1.58. The molecule has 0 aliphatic heterocycles. The van der Waals surface area contributed by atoms with Gasteiger partial charge in [-0.05, 0) is 37.3 Å². The number of anilines is 1. The monoisotopic (exact) mass is 290 g/mol. The number of hydrogen-bond donors (Lipinski definition) is 1. The second-order valence-electron chi connectivity index (χ2n) is 4.06. The molecule has 0 radical (unpaired) electrons. The Labute approximate surface area is 122 Å². The van der Waals surface area contributed by atoms with E-state index < -0.39 is 0 Å². The van der Waals surface area contributed by atoms with E-state index in [1.807, 2.05) is 6.92 Å². The van der Waals surface area contributed by atoms with Gasteiger partial charge in [0.1, 0.15) is 11.4 Å². The minimum Gasteiger partial charge on any atom is -0.494 e. The lowest BCUT2D eigenvalue weighted by Gasteiger charge is -2.11. The van der Waals surface area contributed by atoms with Crippen LogP contribution in [0.15, 0.2) is 42.6 Å². The summed E-state index contributed by atoms with van der Waals surface area (Å²) < 4.78 is 5.46. The molecule has 4 nitrogen and oxygen atoms in total. The molecule has 0 aliphatic carbocycles. The van der Waals surface area contributed by atoms with Gasteiger partial charge in [-0.25, -0.2) is 0 Å². The largest absolute Gasteiger partial charge is 0.494 e. The number of carbonyl (C=O) groups excluding carboxylic acids is 1. The fourth-order valence-corrected chi connectivity index (χ4v) is 1.96. The van der Waals surface area contributed by atoms with E-state index in [2.05, 4.69) is 10.3 Å². The summed E-state index contributed by atoms with van der Waals surface area (Å²) in [7, 11) is 0. The van der Waals surface area contributed by atoms with Gasteiger partial charge in [0.25, 0.3) is 5.91 Å². The summed E-state index contributed by atoms with van der Waals surface area (Å²) in [6, 6.07) is 10.6. The van der Waals surface area contributed by atoms with Crippen LogP contribution < -0.4 is 10.1 Å². The van der Waals surface area contributed by atoms with Crippen molar-refractivity contribution >= 4 is 23.2 Å². The van der Waals surface area contributed by atoms with E-state index >= 15 is 0 Å². The number of hydrogen-bond acceptors (Lipinski definition) is 3. The van der Waals surface area contributed by atoms with E-state index in [-0.39, 0.29) is 5.91 Å². The highest BCUT2D eigenvalue weighted by Crippen LogP contribution is 2.24. The van der Waals surface area contributed by atoms with Gasteiger partial charge >= 0.3 is 0 Å². The van der Waals surface area contributed by atoms with Gasteiger partial charge in [0.05, 0.1) is 12.5 Å². The number of ether oxygens (including phenoxy) is 1. The minimum absolute atomic E-state index is 0.254. The second-order valence-corrected chi connectivity index (χ2v) is 4.33. The number of nitrogens with zero attached hydrogens (tertiary/aromatic N) is 1. The molecule has 1 heterocycles. The third-order valence-corrected chi connectivity index (χ3v) is 2.95. The van der Waals surface area contributed by atoms with E-state index in [1.165, 1.54) is 0 Å². The predicted octanol–water partition coefficient (Wildman–Crippen LogP) is 3.47. The highest BCUT2D eigenvalue weighted by molar-refractivity contribution is 6.17. The number of halogens is 1. The Morgan fingerprint density at radius 2 is 2.20 bits per heavy atom. The molecule has 0 unspecified atom stereocenters. The van der Waals surface area contributed by atoms with Crippen LogP contribution >= 0.6 is 11.6 Å². The average Bonchev–Trinajstić information content (AvgIpc) is 2.50. The number of alkyl halides is 1. The van der Waals surface area contributed by atoms with Crippen LogP contribution in [0.5, 0.6) is 5.75 Å². The second kappa shape index (κ2) is 6.91. The lowest BCUT2D eigenvalue weighted by Crippen LogP contribution is -2.13. The molecule has 1 aromatic carbocycles. The molecule has 5 heteroatoms. The Bertz CT molecular complexity index is 588. The zero-order chi connectivity index (χ0) is 14.4. The van der Waals surface area contributed by atoms with Crippen molar-refractivity contribution in [2.45, 2.75) is 12.8 Å². The van der Waals surface area contributed by atoms with Crippen LogP contribution in [0.3, 0.4) is 0 Å². The molecule has 2 rings (SSSR count). The SMILES string of the molecule is CCOc1ccc(NC(=O)c2ccccn2)cc1CCl. The molecular weight excluding hydrogens is 276 g/mol. The first kappa shape index (κ1) is 14.3. The van der Waals surface area contributed by atoms with Gasteiger partial charge in [-0.15, -0.1) is 11.6 Å². The molecule has 0 fully saturated rings. The van der Waals surface area contributed by atoms with E-state index in [9.17, 15) is 4.79 Å². The normalized spacial score (nSPS) is 10.1. The van der Waals surface area contributed by atoms with Crippen LogP contribution in [0.1, 0.15) is 23.0 Å². The average molecular weight is 291 g/mol. The van der Waals surface area contributed by atoms with Crippen LogP contribution in [-0.4, -0.2) is 17.5 Å².